The summed E-state index contributed by atoms with van der Waals surface area (Å²) >= 11 is 0. The van der Waals surface area contributed by atoms with Gasteiger partial charge in [0.1, 0.15) is 11.6 Å². The van der Waals surface area contributed by atoms with Crippen LogP contribution in [0.2, 0.25) is 0 Å². The van der Waals surface area contributed by atoms with Crippen molar-refractivity contribution in [2.45, 2.75) is 38.2 Å². The molecule has 0 N–H and O–H groups in total. The number of hydrogen-bond acceptors (Lipinski definition) is 7. The molecule has 1 fully saturated rings. The lowest BCUT2D eigenvalue weighted by Crippen LogP contribution is -2.20. The lowest BCUT2D eigenvalue weighted by Gasteiger charge is -2.14. The van der Waals surface area contributed by atoms with E-state index in [1.807, 2.05) is 19.9 Å². The molecule has 7 nitrogen and oxygen atoms in total. The molecule has 1 aliphatic carbocycles. The maximum atomic E-state index is 9.41. The van der Waals surface area contributed by atoms with Crippen LogP contribution in [0.3, 0.4) is 0 Å². The van der Waals surface area contributed by atoms with Gasteiger partial charge in [0.05, 0.1) is 11.7 Å². The molecule has 3 heterocycles. The number of ether oxygens (including phenoxy) is 1. The molecule has 0 unspecified atom stereocenters. The van der Waals surface area contributed by atoms with Crippen molar-refractivity contribution in [3.8, 4) is 23.4 Å². The highest BCUT2D eigenvalue weighted by atomic mass is 16.5. The zero-order chi connectivity index (χ0) is 19.3. The molecule has 3 aromatic rings. The van der Waals surface area contributed by atoms with E-state index in [1.54, 1.807) is 12.3 Å². The molecular weight excluding hydrogens is 354 g/mol. The first-order chi connectivity index (χ1) is 13.6. The monoisotopic (exact) mass is 373 g/mol. The molecule has 0 radical (unpaired) electrons. The molecular formula is C21H19N5O2. The molecule has 7 heteroatoms. The van der Waals surface area contributed by atoms with Gasteiger partial charge in [-0.05, 0) is 49.5 Å². The van der Waals surface area contributed by atoms with E-state index >= 15 is 0 Å². The fourth-order valence-corrected chi connectivity index (χ4v) is 3.80. The summed E-state index contributed by atoms with van der Waals surface area (Å²) in [5.74, 6) is 1.18. The van der Waals surface area contributed by atoms with Gasteiger partial charge in [-0.25, -0.2) is 4.98 Å². The Morgan fingerprint density at radius 2 is 2.11 bits per heavy atom. The highest BCUT2D eigenvalue weighted by molar-refractivity contribution is 5.71. The number of hydrogen-bond donors (Lipinski definition) is 0. The summed E-state index contributed by atoms with van der Waals surface area (Å²) in [6.07, 6.45) is 3.91. The summed E-state index contributed by atoms with van der Waals surface area (Å²) < 4.78 is 11.1. The van der Waals surface area contributed by atoms with Gasteiger partial charge < -0.3 is 14.2 Å². The van der Waals surface area contributed by atoms with Gasteiger partial charge in [0, 0.05) is 23.8 Å². The van der Waals surface area contributed by atoms with Crippen LogP contribution in [0.1, 0.15) is 37.8 Å². The lowest BCUT2D eigenvalue weighted by atomic mass is 9.99. The Hall–Kier alpha value is -3.40. The van der Waals surface area contributed by atoms with Crippen LogP contribution in [0, 0.1) is 11.3 Å². The molecule has 0 saturated heterocycles. The van der Waals surface area contributed by atoms with Gasteiger partial charge in [0.15, 0.2) is 0 Å². The van der Waals surface area contributed by atoms with Crippen LogP contribution in [-0.4, -0.2) is 27.8 Å². The molecule has 1 saturated carbocycles. The number of para-hydroxylation sites is 1. The largest absolute Gasteiger partial charge is 0.474 e. The van der Waals surface area contributed by atoms with Crippen molar-refractivity contribution in [3.63, 3.8) is 0 Å². The summed E-state index contributed by atoms with van der Waals surface area (Å²) in [6.45, 7) is 4.65. The zero-order valence-electron chi connectivity index (χ0n) is 15.7. The van der Waals surface area contributed by atoms with E-state index < -0.39 is 0 Å². The normalized spacial score (nSPS) is 16.3. The van der Waals surface area contributed by atoms with E-state index in [2.05, 4.69) is 44.3 Å². The summed E-state index contributed by atoms with van der Waals surface area (Å²) in [5, 5.41) is 13.6. The predicted octanol–water partition coefficient (Wildman–Crippen LogP) is 3.97. The standard InChI is InChI=1S/C21H19N5O2/c1-13(2)27-18-14(10-22)9-15(11-23-18)19-24-20(25-28-19)26-12-21(7-8-21)16-5-3-4-6-17(16)26/h3-6,9,11,13H,7-8,12H2,1-2H3. The number of aromatic nitrogens is 3. The summed E-state index contributed by atoms with van der Waals surface area (Å²) in [6, 6.07) is 12.2. The van der Waals surface area contributed by atoms with Crippen molar-refractivity contribution >= 4 is 11.6 Å². The molecule has 0 amide bonds. The minimum Gasteiger partial charge on any atom is -0.474 e. The van der Waals surface area contributed by atoms with E-state index in [4.69, 9.17) is 9.26 Å². The van der Waals surface area contributed by atoms with Crippen LogP contribution in [0.25, 0.3) is 11.5 Å². The Labute approximate surface area is 162 Å². The first-order valence-corrected chi connectivity index (χ1v) is 9.37. The van der Waals surface area contributed by atoms with Gasteiger partial charge in [-0.15, -0.1) is 0 Å². The third-order valence-corrected chi connectivity index (χ3v) is 5.30. The molecule has 0 atom stereocenters. The number of benzene rings is 1. The van der Waals surface area contributed by atoms with Crippen LogP contribution in [0.5, 0.6) is 5.88 Å². The maximum Gasteiger partial charge on any atom is 0.270 e. The Kier molecular flexibility index (Phi) is 3.63. The molecule has 140 valence electrons. The van der Waals surface area contributed by atoms with Gasteiger partial charge in [-0.3, -0.25) is 0 Å². The quantitative estimate of drug-likeness (QED) is 0.683. The fourth-order valence-electron chi connectivity index (χ4n) is 3.80. The molecule has 1 aromatic carbocycles. The predicted molar refractivity (Wildman–Crippen MR) is 102 cm³/mol. The topological polar surface area (TPSA) is 88.1 Å². The van der Waals surface area contributed by atoms with Crippen LogP contribution in [0.4, 0.5) is 11.6 Å². The minimum atomic E-state index is -0.0644. The first kappa shape index (κ1) is 16.8. The number of anilines is 2. The van der Waals surface area contributed by atoms with E-state index in [0.29, 0.717) is 28.8 Å². The molecule has 1 aliphatic heterocycles. The van der Waals surface area contributed by atoms with Crippen LogP contribution < -0.4 is 9.64 Å². The van der Waals surface area contributed by atoms with E-state index in [1.165, 1.54) is 18.4 Å². The van der Waals surface area contributed by atoms with Gasteiger partial charge in [-0.2, -0.15) is 10.2 Å². The fraction of sp³-hybridized carbons (Fsp3) is 0.333. The summed E-state index contributed by atoms with van der Waals surface area (Å²) in [7, 11) is 0. The van der Waals surface area contributed by atoms with Crippen LogP contribution in [-0.2, 0) is 5.41 Å². The van der Waals surface area contributed by atoms with Gasteiger partial charge >= 0.3 is 0 Å². The molecule has 5 rings (SSSR count). The van der Waals surface area contributed by atoms with E-state index in [0.717, 1.165) is 12.2 Å². The van der Waals surface area contributed by atoms with E-state index in [-0.39, 0.29) is 11.5 Å². The molecule has 28 heavy (non-hydrogen) atoms. The van der Waals surface area contributed by atoms with Gasteiger partial charge in [0.25, 0.3) is 11.8 Å². The Bertz CT molecular complexity index is 1090. The second kappa shape index (κ2) is 6.06. The van der Waals surface area contributed by atoms with Crippen molar-refractivity contribution in [2.24, 2.45) is 0 Å². The smallest absolute Gasteiger partial charge is 0.270 e. The first-order valence-electron chi connectivity index (χ1n) is 9.37. The molecule has 1 spiro atoms. The highest BCUT2D eigenvalue weighted by Crippen LogP contribution is 2.57. The second-order valence-corrected chi connectivity index (χ2v) is 7.64. The Morgan fingerprint density at radius 1 is 1.29 bits per heavy atom. The zero-order valence-corrected chi connectivity index (χ0v) is 15.7. The second-order valence-electron chi connectivity index (χ2n) is 7.64. The Balaban J connectivity index is 1.47. The van der Waals surface area contributed by atoms with Crippen molar-refractivity contribution in [3.05, 3.63) is 47.7 Å². The lowest BCUT2D eigenvalue weighted by molar-refractivity contribution is 0.232. The summed E-state index contributed by atoms with van der Waals surface area (Å²) in [4.78, 5) is 10.9. The van der Waals surface area contributed by atoms with Gasteiger partial charge in [-0.1, -0.05) is 18.2 Å². The number of fused-ring (bicyclic) bond motifs is 2. The van der Waals surface area contributed by atoms with Crippen molar-refractivity contribution in [2.75, 3.05) is 11.4 Å². The number of nitriles is 1. The average Bonchev–Trinajstić information content (AvgIpc) is 3.18. The highest BCUT2D eigenvalue weighted by Gasteiger charge is 2.52. The molecule has 2 aromatic heterocycles. The van der Waals surface area contributed by atoms with Crippen molar-refractivity contribution < 1.29 is 9.26 Å². The third kappa shape index (κ3) is 2.61. The number of nitrogens with zero attached hydrogens (tertiary/aromatic N) is 5. The number of rotatable bonds is 4. The average molecular weight is 373 g/mol. The van der Waals surface area contributed by atoms with Crippen LogP contribution >= 0.6 is 0 Å². The molecule has 2 aliphatic rings. The van der Waals surface area contributed by atoms with Crippen molar-refractivity contribution in [1.82, 2.24) is 15.1 Å². The van der Waals surface area contributed by atoms with E-state index in [9.17, 15) is 5.26 Å². The maximum absolute atomic E-state index is 9.41. The minimum absolute atomic E-state index is 0.0644. The summed E-state index contributed by atoms with van der Waals surface area (Å²) in [5.41, 5.74) is 3.69. The SMILES string of the molecule is CC(C)Oc1ncc(-c2nc(N3CC4(CC4)c4ccccc43)no2)cc1C#N. The number of pyridine rings is 1. The third-order valence-electron chi connectivity index (χ3n) is 5.30. The van der Waals surface area contributed by atoms with Crippen LogP contribution in [0.15, 0.2) is 41.1 Å². The van der Waals surface area contributed by atoms with Crippen molar-refractivity contribution in [1.29, 1.82) is 5.26 Å². The molecule has 0 bridgehead atoms. The Morgan fingerprint density at radius 3 is 2.86 bits per heavy atom. The van der Waals surface area contributed by atoms with Gasteiger partial charge in [0.2, 0.25) is 5.88 Å².